The normalized spacial score (nSPS) is 12.2. The molecule has 1 unspecified atom stereocenters. The first kappa shape index (κ1) is 15.8. The Morgan fingerprint density at radius 2 is 2.00 bits per heavy atom. The van der Waals surface area contributed by atoms with E-state index in [1.807, 2.05) is 25.1 Å². The Bertz CT molecular complexity index is 586. The van der Waals surface area contributed by atoms with E-state index in [0.717, 1.165) is 40.6 Å². The van der Waals surface area contributed by atoms with Gasteiger partial charge < -0.3 is 9.47 Å². The molecule has 1 aromatic heterocycles. The van der Waals surface area contributed by atoms with Crippen LogP contribution in [0.25, 0.3) is 0 Å². The number of ether oxygens (including phenoxy) is 2. The van der Waals surface area contributed by atoms with Crippen LogP contribution in [0.3, 0.4) is 0 Å². The molecule has 0 radical (unpaired) electrons. The fraction of sp³-hybridized carbons (Fsp3) is 0.400. The van der Waals surface area contributed by atoms with Gasteiger partial charge in [-0.3, -0.25) is 11.3 Å². The average Bonchev–Trinajstić information content (AvgIpc) is 2.91. The molecule has 1 atom stereocenters. The van der Waals surface area contributed by atoms with Gasteiger partial charge in [0, 0.05) is 17.8 Å². The zero-order chi connectivity index (χ0) is 15.2. The van der Waals surface area contributed by atoms with E-state index in [1.54, 1.807) is 25.6 Å². The van der Waals surface area contributed by atoms with E-state index >= 15 is 0 Å². The molecule has 0 amide bonds. The highest BCUT2D eigenvalue weighted by molar-refractivity contribution is 7.09. The van der Waals surface area contributed by atoms with E-state index < -0.39 is 0 Å². The molecule has 0 aliphatic carbocycles. The van der Waals surface area contributed by atoms with Crippen LogP contribution in [0.2, 0.25) is 0 Å². The second-order valence-corrected chi connectivity index (χ2v) is 5.88. The molecular weight excluding hydrogens is 286 g/mol. The molecule has 1 aromatic carbocycles. The fourth-order valence-corrected chi connectivity index (χ4v) is 2.86. The third-order valence-corrected chi connectivity index (χ3v) is 4.11. The molecule has 3 N–H and O–H groups in total. The van der Waals surface area contributed by atoms with Crippen LogP contribution >= 0.6 is 11.3 Å². The van der Waals surface area contributed by atoms with Crippen LogP contribution in [0.4, 0.5) is 0 Å². The summed E-state index contributed by atoms with van der Waals surface area (Å²) < 4.78 is 10.6. The van der Waals surface area contributed by atoms with Gasteiger partial charge in [0.2, 0.25) is 0 Å². The fourth-order valence-electron chi connectivity index (χ4n) is 2.24. The Morgan fingerprint density at radius 3 is 2.57 bits per heavy atom. The molecule has 5 nitrogen and oxygen atoms in total. The number of nitrogens with zero attached hydrogens (tertiary/aromatic N) is 1. The molecule has 1 heterocycles. The summed E-state index contributed by atoms with van der Waals surface area (Å²) in [6.07, 6.45) is 1.60. The molecule has 2 rings (SSSR count). The summed E-state index contributed by atoms with van der Waals surface area (Å²) in [7, 11) is 3.27. The molecule has 0 saturated heterocycles. The van der Waals surface area contributed by atoms with Crippen LogP contribution in [0, 0.1) is 6.92 Å². The van der Waals surface area contributed by atoms with Crippen molar-refractivity contribution in [3.63, 3.8) is 0 Å². The summed E-state index contributed by atoms with van der Waals surface area (Å²) in [5.74, 6) is 7.13. The number of aromatic nitrogens is 1. The number of hydrazine groups is 1. The molecule has 6 heteroatoms. The number of nitrogens with one attached hydrogen (secondary N) is 1. The quantitative estimate of drug-likeness (QED) is 0.605. The van der Waals surface area contributed by atoms with Crippen LogP contribution in [-0.2, 0) is 12.8 Å². The lowest BCUT2D eigenvalue weighted by Gasteiger charge is -2.16. The number of hydrogen-bond donors (Lipinski definition) is 2. The van der Waals surface area contributed by atoms with Crippen molar-refractivity contribution < 1.29 is 9.47 Å². The van der Waals surface area contributed by atoms with Crippen LogP contribution in [-0.4, -0.2) is 25.2 Å². The van der Waals surface area contributed by atoms with Crippen LogP contribution in [0.5, 0.6) is 11.5 Å². The van der Waals surface area contributed by atoms with Crippen molar-refractivity contribution in [2.24, 2.45) is 5.84 Å². The lowest BCUT2D eigenvalue weighted by atomic mass is 10.0. The van der Waals surface area contributed by atoms with Gasteiger partial charge in [-0.05, 0) is 31.0 Å². The van der Waals surface area contributed by atoms with Crippen molar-refractivity contribution in [3.8, 4) is 11.5 Å². The number of nitrogens with two attached hydrogens (primary N) is 1. The van der Waals surface area contributed by atoms with Gasteiger partial charge in [-0.2, -0.15) is 0 Å². The zero-order valence-electron chi connectivity index (χ0n) is 12.6. The lowest BCUT2D eigenvalue weighted by Crippen LogP contribution is -2.38. The minimum absolute atomic E-state index is 0.129. The molecule has 0 aliphatic rings. The summed E-state index contributed by atoms with van der Waals surface area (Å²) in [5.41, 5.74) is 5.08. The van der Waals surface area contributed by atoms with E-state index in [1.165, 1.54) is 0 Å². The van der Waals surface area contributed by atoms with Gasteiger partial charge in [-0.15, -0.1) is 11.3 Å². The van der Waals surface area contributed by atoms with E-state index in [4.69, 9.17) is 15.3 Å². The van der Waals surface area contributed by atoms with Crippen molar-refractivity contribution in [2.45, 2.75) is 25.8 Å². The third kappa shape index (κ3) is 4.17. The van der Waals surface area contributed by atoms with E-state index in [2.05, 4.69) is 15.8 Å². The molecule has 2 aromatic rings. The molecule has 0 spiro atoms. The SMILES string of the molecule is COc1ccc(CC(Cc2csc(C)n2)NN)cc1OC. The first-order valence-corrected chi connectivity index (χ1v) is 7.62. The minimum Gasteiger partial charge on any atom is -0.493 e. The lowest BCUT2D eigenvalue weighted by molar-refractivity contribution is 0.354. The highest BCUT2D eigenvalue weighted by Gasteiger charge is 2.13. The van der Waals surface area contributed by atoms with Crippen molar-refractivity contribution in [3.05, 3.63) is 39.8 Å². The third-order valence-electron chi connectivity index (χ3n) is 3.29. The first-order valence-electron chi connectivity index (χ1n) is 6.74. The number of benzene rings is 1. The number of hydrogen-bond acceptors (Lipinski definition) is 6. The maximum absolute atomic E-state index is 5.67. The molecule has 0 fully saturated rings. The second kappa shape index (κ2) is 7.40. The van der Waals surface area contributed by atoms with Crippen LogP contribution in [0.15, 0.2) is 23.6 Å². The monoisotopic (exact) mass is 307 g/mol. The predicted molar refractivity (Wildman–Crippen MR) is 84.9 cm³/mol. The molecule has 0 aliphatic heterocycles. The van der Waals surface area contributed by atoms with Crippen LogP contribution < -0.4 is 20.7 Å². The second-order valence-electron chi connectivity index (χ2n) is 4.82. The number of thiazole rings is 1. The van der Waals surface area contributed by atoms with Gasteiger partial charge in [0.25, 0.3) is 0 Å². The Labute approximate surface area is 129 Å². The standard InChI is InChI=1S/C15H21N3O2S/c1-10-17-13(9-21-10)8-12(18-16)6-11-4-5-14(19-2)15(7-11)20-3/h4-5,7,9,12,18H,6,8,16H2,1-3H3. The highest BCUT2D eigenvalue weighted by atomic mass is 32.1. The molecule has 21 heavy (non-hydrogen) atoms. The highest BCUT2D eigenvalue weighted by Crippen LogP contribution is 2.28. The van der Waals surface area contributed by atoms with E-state index in [0.29, 0.717) is 0 Å². The zero-order valence-corrected chi connectivity index (χ0v) is 13.4. The maximum Gasteiger partial charge on any atom is 0.160 e. The van der Waals surface area contributed by atoms with Crippen molar-refractivity contribution in [1.82, 2.24) is 10.4 Å². The van der Waals surface area contributed by atoms with Gasteiger partial charge in [0.15, 0.2) is 11.5 Å². The molecule has 114 valence electrons. The number of rotatable bonds is 7. The summed E-state index contributed by atoms with van der Waals surface area (Å²) in [6, 6.07) is 6.05. The van der Waals surface area contributed by atoms with Gasteiger partial charge in [-0.1, -0.05) is 6.07 Å². The summed E-state index contributed by atoms with van der Waals surface area (Å²) in [5, 5.41) is 3.15. The Morgan fingerprint density at radius 1 is 1.24 bits per heavy atom. The summed E-state index contributed by atoms with van der Waals surface area (Å²) in [6.45, 7) is 2.01. The van der Waals surface area contributed by atoms with E-state index in [-0.39, 0.29) is 6.04 Å². The largest absolute Gasteiger partial charge is 0.493 e. The van der Waals surface area contributed by atoms with Crippen LogP contribution in [0.1, 0.15) is 16.3 Å². The topological polar surface area (TPSA) is 69.4 Å². The minimum atomic E-state index is 0.129. The van der Waals surface area contributed by atoms with Gasteiger partial charge >= 0.3 is 0 Å². The molecular formula is C15H21N3O2S. The summed E-state index contributed by atoms with van der Waals surface area (Å²) >= 11 is 1.66. The number of methoxy groups -OCH3 is 2. The maximum atomic E-state index is 5.67. The first-order chi connectivity index (χ1) is 10.2. The van der Waals surface area contributed by atoms with Crippen molar-refractivity contribution in [1.29, 1.82) is 0 Å². The Hall–Kier alpha value is -1.63. The van der Waals surface area contributed by atoms with E-state index in [9.17, 15) is 0 Å². The number of aryl methyl sites for hydroxylation is 1. The Balaban J connectivity index is 2.07. The average molecular weight is 307 g/mol. The van der Waals surface area contributed by atoms with Crippen molar-refractivity contribution in [2.75, 3.05) is 14.2 Å². The molecule has 0 bridgehead atoms. The van der Waals surface area contributed by atoms with Gasteiger partial charge in [0.1, 0.15) is 0 Å². The summed E-state index contributed by atoms with van der Waals surface area (Å²) in [4.78, 5) is 4.48. The van der Waals surface area contributed by atoms with Crippen molar-refractivity contribution >= 4 is 11.3 Å². The smallest absolute Gasteiger partial charge is 0.160 e. The van der Waals surface area contributed by atoms with Gasteiger partial charge in [0.05, 0.1) is 24.9 Å². The predicted octanol–water partition coefficient (Wildman–Crippen LogP) is 2.09. The Kier molecular flexibility index (Phi) is 5.55. The molecule has 0 saturated carbocycles. The van der Waals surface area contributed by atoms with Gasteiger partial charge in [-0.25, -0.2) is 4.98 Å².